The molecule has 0 saturated heterocycles. The molecule has 11 aromatic rings. The number of hydrogen-bond acceptors (Lipinski definition) is 5. The maximum Gasteiger partial charge on any atom is 0.227 e. The molecule has 0 radical (unpaired) electrons. The molecule has 7 aromatic carbocycles. The van der Waals surface area contributed by atoms with Gasteiger partial charge in [-0.3, -0.25) is 9.13 Å². The van der Waals surface area contributed by atoms with E-state index in [1.807, 2.05) is 0 Å². The van der Waals surface area contributed by atoms with Crippen molar-refractivity contribution in [1.82, 2.24) is 24.1 Å². The fraction of sp³-hybridized carbons (Fsp3) is 0.310. The molecular weight excluding hydrogens is 955 g/mol. The van der Waals surface area contributed by atoms with Gasteiger partial charge in [0.1, 0.15) is 23.0 Å². The van der Waals surface area contributed by atoms with Crippen LogP contribution in [0.25, 0.3) is 101 Å². The van der Waals surface area contributed by atoms with Gasteiger partial charge in [-0.25, -0.2) is 15.0 Å². The lowest BCUT2D eigenvalue weighted by atomic mass is 9.79. The van der Waals surface area contributed by atoms with Crippen LogP contribution in [0.4, 0.5) is 0 Å². The Morgan fingerprint density at radius 2 is 1.08 bits per heavy atom. The van der Waals surface area contributed by atoms with Crippen LogP contribution in [0.15, 0.2) is 138 Å². The van der Waals surface area contributed by atoms with E-state index in [0.717, 1.165) is 106 Å². The van der Waals surface area contributed by atoms with Crippen molar-refractivity contribution in [2.24, 2.45) is 0 Å². The van der Waals surface area contributed by atoms with Gasteiger partial charge in [-0.2, -0.15) is 0 Å². The number of hydrogen-bond donors (Lipinski definition) is 1. The second kappa shape index (κ2) is 19.3. The molecule has 7 heteroatoms. The summed E-state index contributed by atoms with van der Waals surface area (Å²) in [5, 5.41) is 14.6. The summed E-state index contributed by atoms with van der Waals surface area (Å²) in [7, 11) is 0. The van der Waals surface area contributed by atoms with E-state index >= 15 is 0 Å². The molecule has 0 spiro atoms. The standard InChI is InChI=1S/C71H75N5O2/c1-39(2)48-26-19-27-49(40(3)4)63(48)75-58-31-21-30-52(62(58)74-68(75)54-37-47(70(11,12)13)38-55(66(54)77)71(14,15)16)45-24-18-25-46(36-45)67-72-57-34-35-59-61(65(57)76(67)64-50(41(5)6)28-20-29-51(64)42(7)8)53-32-33-56(73-69(53)78-59)60-43(9)22-17-23-44(60)10/h17-42,77H,1-16H3. The first kappa shape index (κ1) is 52.3. The van der Waals surface area contributed by atoms with Crippen molar-refractivity contribution < 1.29 is 9.52 Å². The molecule has 0 fully saturated rings. The second-order valence-electron chi connectivity index (χ2n) is 25.1. The number of imidazole rings is 2. The van der Waals surface area contributed by atoms with Crippen molar-refractivity contribution in [3.63, 3.8) is 0 Å². The Morgan fingerprint density at radius 1 is 0.513 bits per heavy atom. The Labute approximate surface area is 461 Å². The van der Waals surface area contributed by atoms with Gasteiger partial charge in [-0.15, -0.1) is 0 Å². The zero-order valence-electron chi connectivity index (χ0n) is 48.6. The number of aromatic nitrogens is 5. The summed E-state index contributed by atoms with van der Waals surface area (Å²) in [5.74, 6) is 2.71. The third-order valence-electron chi connectivity index (χ3n) is 16.1. The zero-order valence-corrected chi connectivity index (χ0v) is 48.6. The first-order valence-electron chi connectivity index (χ1n) is 28.1. The van der Waals surface area contributed by atoms with E-state index in [1.54, 1.807) is 0 Å². The van der Waals surface area contributed by atoms with Gasteiger partial charge in [0.15, 0.2) is 0 Å². The minimum Gasteiger partial charge on any atom is -0.507 e. The molecule has 0 aliphatic carbocycles. The van der Waals surface area contributed by atoms with E-state index in [4.69, 9.17) is 19.4 Å². The molecule has 0 saturated carbocycles. The largest absolute Gasteiger partial charge is 0.507 e. The highest BCUT2D eigenvalue weighted by atomic mass is 16.3. The van der Waals surface area contributed by atoms with E-state index in [1.165, 1.54) is 33.4 Å². The van der Waals surface area contributed by atoms with Crippen LogP contribution in [0.3, 0.4) is 0 Å². The topological polar surface area (TPSA) is 81.9 Å². The van der Waals surface area contributed by atoms with Gasteiger partial charge in [0.05, 0.1) is 55.5 Å². The number of furan rings is 1. The highest BCUT2D eigenvalue weighted by Crippen LogP contribution is 2.48. The van der Waals surface area contributed by atoms with Crippen LogP contribution in [0, 0.1) is 13.8 Å². The number of rotatable bonds is 10. The van der Waals surface area contributed by atoms with Gasteiger partial charge in [0, 0.05) is 22.3 Å². The van der Waals surface area contributed by atoms with Gasteiger partial charge < -0.3 is 9.52 Å². The quantitative estimate of drug-likeness (QED) is 0.148. The number of phenols is 1. The van der Waals surface area contributed by atoms with Crippen LogP contribution in [-0.4, -0.2) is 29.2 Å². The van der Waals surface area contributed by atoms with Crippen molar-refractivity contribution in [3.05, 3.63) is 178 Å². The van der Waals surface area contributed by atoms with Crippen molar-refractivity contribution >= 4 is 44.1 Å². The lowest BCUT2D eigenvalue weighted by Gasteiger charge is -2.28. The predicted molar refractivity (Wildman–Crippen MR) is 327 cm³/mol. The van der Waals surface area contributed by atoms with Crippen LogP contribution in [0.1, 0.15) is 165 Å². The minimum atomic E-state index is -0.332. The highest BCUT2D eigenvalue weighted by Gasteiger charge is 2.31. The van der Waals surface area contributed by atoms with Crippen molar-refractivity contribution in [3.8, 4) is 62.3 Å². The summed E-state index contributed by atoms with van der Waals surface area (Å²) in [6, 6.07) is 48.1. The number of phenolic OH excluding ortho intramolecular Hbond substituents is 1. The number of fused-ring (bicyclic) bond motifs is 6. The zero-order chi connectivity index (χ0) is 55.4. The molecule has 78 heavy (non-hydrogen) atoms. The maximum atomic E-state index is 12.7. The molecule has 0 aliphatic heterocycles. The Morgan fingerprint density at radius 3 is 1.67 bits per heavy atom. The molecule has 0 unspecified atom stereocenters. The molecule has 0 amide bonds. The van der Waals surface area contributed by atoms with Crippen molar-refractivity contribution in [2.45, 2.75) is 145 Å². The first-order chi connectivity index (χ1) is 37.0. The summed E-state index contributed by atoms with van der Waals surface area (Å²) >= 11 is 0. The predicted octanol–water partition coefficient (Wildman–Crippen LogP) is 19.7. The molecule has 4 heterocycles. The molecule has 0 bridgehead atoms. The summed E-state index contributed by atoms with van der Waals surface area (Å²) < 4.78 is 11.6. The Bertz CT molecular complexity index is 4090. The molecular formula is C71H75N5O2. The second-order valence-corrected chi connectivity index (χ2v) is 25.1. The molecule has 396 valence electrons. The number of benzene rings is 7. The summed E-state index contributed by atoms with van der Waals surface area (Å²) in [6.45, 7) is 35.8. The van der Waals surface area contributed by atoms with Gasteiger partial charge in [0.25, 0.3) is 0 Å². The summed E-state index contributed by atoms with van der Waals surface area (Å²) in [6.07, 6.45) is 0. The summed E-state index contributed by atoms with van der Waals surface area (Å²) in [4.78, 5) is 16.6. The van der Waals surface area contributed by atoms with Gasteiger partial charge in [-0.05, 0) is 135 Å². The molecule has 4 aromatic heterocycles. The number of aromatic hydroxyl groups is 1. The molecule has 1 N–H and O–H groups in total. The molecule has 7 nitrogen and oxygen atoms in total. The number of nitrogens with zero attached hydrogens (tertiary/aromatic N) is 5. The third kappa shape index (κ3) is 8.70. The Kier molecular flexibility index (Phi) is 12.9. The van der Waals surface area contributed by atoms with Crippen LogP contribution < -0.4 is 0 Å². The number of para-hydroxylation sites is 3. The Hall–Kier alpha value is -7.77. The van der Waals surface area contributed by atoms with E-state index in [-0.39, 0.29) is 40.3 Å². The third-order valence-corrected chi connectivity index (χ3v) is 16.1. The minimum absolute atomic E-state index is 0.191. The maximum absolute atomic E-state index is 12.7. The first-order valence-corrected chi connectivity index (χ1v) is 28.1. The van der Waals surface area contributed by atoms with E-state index in [2.05, 4.69) is 253 Å². The lowest BCUT2D eigenvalue weighted by molar-refractivity contribution is 0.446. The average Bonchev–Trinajstić information content (AvgIpc) is 4.31. The van der Waals surface area contributed by atoms with E-state index in [9.17, 15) is 5.11 Å². The number of pyridine rings is 1. The SMILES string of the molecule is Cc1cccc(C)c1-c1ccc2c(n1)oc1ccc3nc(-c4cccc(-c5cccc6c5nc(-c5cc(C(C)(C)C)cc(C(C)(C)C)c5O)n6-c5c(C(C)C)cccc5C(C)C)c4)n(-c4c(C(C)C)cccc4C(C)C)c3c12. The fourth-order valence-corrected chi connectivity index (χ4v) is 12.0. The van der Waals surface area contributed by atoms with Gasteiger partial charge in [-0.1, -0.05) is 188 Å². The van der Waals surface area contributed by atoms with Gasteiger partial charge in [0.2, 0.25) is 5.71 Å². The normalized spacial score (nSPS) is 12.6. The van der Waals surface area contributed by atoms with Crippen LogP contribution in [0.5, 0.6) is 5.75 Å². The van der Waals surface area contributed by atoms with Crippen molar-refractivity contribution in [1.29, 1.82) is 0 Å². The van der Waals surface area contributed by atoms with E-state index < -0.39 is 0 Å². The molecule has 0 aliphatic rings. The highest BCUT2D eigenvalue weighted by molar-refractivity contribution is 6.17. The summed E-state index contributed by atoms with van der Waals surface area (Å²) in [5.41, 5.74) is 21.9. The Balaban J connectivity index is 1.21. The lowest BCUT2D eigenvalue weighted by Crippen LogP contribution is -2.17. The van der Waals surface area contributed by atoms with E-state index in [0.29, 0.717) is 5.71 Å². The van der Waals surface area contributed by atoms with Crippen molar-refractivity contribution in [2.75, 3.05) is 0 Å². The van der Waals surface area contributed by atoms with Crippen LogP contribution in [0.2, 0.25) is 0 Å². The van der Waals surface area contributed by atoms with Gasteiger partial charge >= 0.3 is 0 Å². The number of aryl methyl sites for hydroxylation is 2. The smallest absolute Gasteiger partial charge is 0.227 e. The monoisotopic (exact) mass is 1030 g/mol. The van der Waals surface area contributed by atoms with Crippen LogP contribution in [-0.2, 0) is 10.8 Å². The molecule has 0 atom stereocenters. The average molecular weight is 1030 g/mol. The fourth-order valence-electron chi connectivity index (χ4n) is 12.0. The van der Waals surface area contributed by atoms with Crippen LogP contribution >= 0.6 is 0 Å². The molecule has 11 rings (SSSR count).